The Morgan fingerprint density at radius 2 is 1.54 bits per heavy atom. The standard InChI is InChI=1S/C22H25NO5/c1-13(2)23-12-17(16-8-7-15(25-3)11-18(16)23)21(24)14-9-19(26-4)22(28-6)20(10-14)27-5/h7-13H,1-6H3. The molecule has 0 saturated carbocycles. The van der Waals surface area contributed by atoms with E-state index in [1.165, 1.54) is 21.3 Å². The van der Waals surface area contributed by atoms with Gasteiger partial charge >= 0.3 is 0 Å². The Balaban J connectivity index is 2.19. The maximum absolute atomic E-state index is 13.4. The third kappa shape index (κ3) is 3.26. The maximum atomic E-state index is 13.4. The van der Waals surface area contributed by atoms with Crippen molar-refractivity contribution in [1.29, 1.82) is 0 Å². The monoisotopic (exact) mass is 383 g/mol. The van der Waals surface area contributed by atoms with E-state index in [1.807, 2.05) is 24.4 Å². The van der Waals surface area contributed by atoms with Crippen LogP contribution in [0.3, 0.4) is 0 Å². The average molecular weight is 383 g/mol. The number of methoxy groups -OCH3 is 4. The number of hydrogen-bond donors (Lipinski definition) is 0. The van der Waals surface area contributed by atoms with Crippen LogP contribution in [-0.4, -0.2) is 38.8 Å². The molecule has 0 aliphatic carbocycles. The third-order valence-electron chi connectivity index (χ3n) is 4.77. The first-order valence-electron chi connectivity index (χ1n) is 8.98. The molecule has 0 fully saturated rings. The summed E-state index contributed by atoms with van der Waals surface area (Å²) in [5, 5.41) is 0.869. The lowest BCUT2D eigenvalue weighted by Crippen LogP contribution is -2.04. The van der Waals surface area contributed by atoms with Crippen LogP contribution in [-0.2, 0) is 0 Å². The highest BCUT2D eigenvalue weighted by Crippen LogP contribution is 2.39. The molecule has 0 amide bonds. The molecule has 6 heteroatoms. The van der Waals surface area contributed by atoms with Gasteiger partial charge in [-0.2, -0.15) is 0 Å². The van der Waals surface area contributed by atoms with Gasteiger partial charge in [-0.3, -0.25) is 4.79 Å². The van der Waals surface area contributed by atoms with Crippen molar-refractivity contribution in [2.45, 2.75) is 19.9 Å². The third-order valence-corrected chi connectivity index (χ3v) is 4.77. The van der Waals surface area contributed by atoms with E-state index in [-0.39, 0.29) is 11.8 Å². The number of carbonyl (C=O) groups is 1. The van der Waals surface area contributed by atoms with Crippen LogP contribution in [0.4, 0.5) is 0 Å². The molecule has 1 aromatic heterocycles. The van der Waals surface area contributed by atoms with E-state index in [2.05, 4.69) is 18.4 Å². The molecule has 0 N–H and O–H groups in total. The Morgan fingerprint density at radius 3 is 2.04 bits per heavy atom. The van der Waals surface area contributed by atoms with Crippen molar-refractivity contribution in [3.05, 3.63) is 47.7 Å². The van der Waals surface area contributed by atoms with Gasteiger partial charge in [0.15, 0.2) is 17.3 Å². The van der Waals surface area contributed by atoms with Crippen LogP contribution in [0.5, 0.6) is 23.0 Å². The predicted molar refractivity (Wildman–Crippen MR) is 108 cm³/mol. The lowest BCUT2D eigenvalue weighted by Gasteiger charge is -2.13. The Kier molecular flexibility index (Phi) is 5.49. The number of ketones is 1. The van der Waals surface area contributed by atoms with Crippen LogP contribution in [0.2, 0.25) is 0 Å². The van der Waals surface area contributed by atoms with E-state index < -0.39 is 0 Å². The Hall–Kier alpha value is -3.15. The van der Waals surface area contributed by atoms with Gasteiger partial charge in [-0.1, -0.05) is 0 Å². The Morgan fingerprint density at radius 1 is 0.893 bits per heavy atom. The zero-order valence-corrected chi connectivity index (χ0v) is 17.0. The SMILES string of the molecule is COc1ccc2c(C(=O)c3cc(OC)c(OC)c(OC)c3)cn(C(C)C)c2c1. The Bertz CT molecular complexity index is 994. The number of ether oxygens (including phenoxy) is 4. The fourth-order valence-electron chi connectivity index (χ4n) is 3.33. The van der Waals surface area contributed by atoms with Gasteiger partial charge < -0.3 is 23.5 Å². The van der Waals surface area contributed by atoms with Crippen LogP contribution in [0.25, 0.3) is 10.9 Å². The van der Waals surface area contributed by atoms with Crippen molar-refractivity contribution in [3.8, 4) is 23.0 Å². The van der Waals surface area contributed by atoms with E-state index in [0.29, 0.717) is 28.4 Å². The summed E-state index contributed by atoms with van der Waals surface area (Å²) in [6, 6.07) is 9.26. The molecule has 0 radical (unpaired) electrons. The second-order valence-corrected chi connectivity index (χ2v) is 6.67. The van der Waals surface area contributed by atoms with Gasteiger partial charge in [0.1, 0.15) is 5.75 Å². The summed E-state index contributed by atoms with van der Waals surface area (Å²) in [5.41, 5.74) is 2.03. The van der Waals surface area contributed by atoms with Crippen molar-refractivity contribution < 1.29 is 23.7 Å². The van der Waals surface area contributed by atoms with Gasteiger partial charge in [-0.15, -0.1) is 0 Å². The van der Waals surface area contributed by atoms with Crippen LogP contribution in [0, 0.1) is 0 Å². The summed E-state index contributed by atoms with van der Waals surface area (Å²) in [4.78, 5) is 13.4. The molecule has 0 aliphatic heterocycles. The molecule has 3 aromatic rings. The van der Waals surface area contributed by atoms with Crippen LogP contribution in [0.15, 0.2) is 36.5 Å². The molecule has 0 saturated heterocycles. The van der Waals surface area contributed by atoms with E-state index in [0.717, 1.165) is 16.7 Å². The topological polar surface area (TPSA) is 58.9 Å². The molecule has 0 spiro atoms. The first-order chi connectivity index (χ1) is 13.4. The summed E-state index contributed by atoms with van der Waals surface area (Å²) >= 11 is 0. The highest BCUT2D eigenvalue weighted by molar-refractivity contribution is 6.17. The van der Waals surface area contributed by atoms with Crippen LogP contribution >= 0.6 is 0 Å². The zero-order valence-electron chi connectivity index (χ0n) is 17.0. The van der Waals surface area contributed by atoms with Gasteiger partial charge in [0, 0.05) is 34.8 Å². The number of carbonyl (C=O) groups excluding carboxylic acids is 1. The first kappa shape index (κ1) is 19.6. The lowest BCUT2D eigenvalue weighted by atomic mass is 10.0. The second kappa shape index (κ2) is 7.84. The minimum absolute atomic E-state index is 0.117. The highest BCUT2D eigenvalue weighted by Gasteiger charge is 2.22. The maximum Gasteiger partial charge on any atom is 0.203 e. The zero-order chi connectivity index (χ0) is 20.4. The quantitative estimate of drug-likeness (QED) is 0.563. The summed E-state index contributed by atoms with van der Waals surface area (Å²) < 4.78 is 23.6. The number of benzene rings is 2. The molecule has 28 heavy (non-hydrogen) atoms. The molecular weight excluding hydrogens is 358 g/mol. The average Bonchev–Trinajstić information content (AvgIpc) is 3.10. The summed E-state index contributed by atoms with van der Waals surface area (Å²) in [5.74, 6) is 1.97. The summed E-state index contributed by atoms with van der Waals surface area (Å²) in [6.45, 7) is 4.15. The number of nitrogens with zero attached hydrogens (tertiary/aromatic N) is 1. The largest absolute Gasteiger partial charge is 0.497 e. The minimum Gasteiger partial charge on any atom is -0.497 e. The Labute approximate surface area is 164 Å². The van der Waals surface area contributed by atoms with Crippen molar-refractivity contribution >= 4 is 16.7 Å². The number of fused-ring (bicyclic) bond motifs is 1. The van der Waals surface area contributed by atoms with Crippen molar-refractivity contribution in [1.82, 2.24) is 4.57 Å². The first-order valence-corrected chi connectivity index (χ1v) is 8.98. The summed E-state index contributed by atoms with van der Waals surface area (Å²) in [6.07, 6.45) is 1.89. The van der Waals surface area contributed by atoms with E-state index in [1.54, 1.807) is 19.2 Å². The number of rotatable bonds is 7. The molecule has 0 bridgehead atoms. The van der Waals surface area contributed by atoms with Gasteiger partial charge in [-0.25, -0.2) is 0 Å². The predicted octanol–water partition coefficient (Wildman–Crippen LogP) is 4.49. The van der Waals surface area contributed by atoms with Gasteiger partial charge in [0.05, 0.1) is 34.0 Å². The fourth-order valence-corrected chi connectivity index (χ4v) is 3.33. The number of hydrogen-bond acceptors (Lipinski definition) is 5. The summed E-state index contributed by atoms with van der Waals surface area (Å²) in [7, 11) is 6.22. The van der Waals surface area contributed by atoms with Crippen molar-refractivity contribution in [2.75, 3.05) is 28.4 Å². The van der Waals surface area contributed by atoms with Crippen molar-refractivity contribution in [3.63, 3.8) is 0 Å². The van der Waals surface area contributed by atoms with Gasteiger partial charge in [-0.05, 0) is 38.1 Å². The van der Waals surface area contributed by atoms with Crippen molar-refractivity contribution in [2.24, 2.45) is 0 Å². The molecular formula is C22H25NO5. The lowest BCUT2D eigenvalue weighted by molar-refractivity contribution is 0.103. The van der Waals surface area contributed by atoms with Crippen LogP contribution in [0.1, 0.15) is 35.8 Å². The number of aromatic nitrogens is 1. The minimum atomic E-state index is -0.117. The van der Waals surface area contributed by atoms with E-state index in [9.17, 15) is 4.79 Å². The molecule has 0 atom stereocenters. The molecule has 3 rings (SSSR count). The molecule has 0 unspecified atom stereocenters. The second-order valence-electron chi connectivity index (χ2n) is 6.67. The van der Waals surface area contributed by atoms with E-state index >= 15 is 0 Å². The fraction of sp³-hybridized carbons (Fsp3) is 0.318. The van der Waals surface area contributed by atoms with Gasteiger partial charge in [0.2, 0.25) is 5.75 Å². The molecule has 0 aliphatic rings. The molecule has 1 heterocycles. The van der Waals surface area contributed by atoms with Crippen LogP contribution < -0.4 is 18.9 Å². The normalized spacial score (nSPS) is 11.0. The van der Waals surface area contributed by atoms with Gasteiger partial charge in [0.25, 0.3) is 0 Å². The highest BCUT2D eigenvalue weighted by atomic mass is 16.5. The molecule has 6 nitrogen and oxygen atoms in total. The molecule has 2 aromatic carbocycles. The smallest absolute Gasteiger partial charge is 0.203 e. The molecule has 148 valence electrons. The van der Waals surface area contributed by atoms with E-state index in [4.69, 9.17) is 18.9 Å².